The number of aromatic nitrogens is 2. The van der Waals surface area contributed by atoms with Crippen LogP contribution >= 0.6 is 11.6 Å². The predicted octanol–water partition coefficient (Wildman–Crippen LogP) is 1.94. The van der Waals surface area contributed by atoms with Crippen LogP contribution in [-0.2, 0) is 16.6 Å². The molecule has 0 saturated carbocycles. The topological polar surface area (TPSA) is 90.0 Å². The molecule has 0 spiro atoms. The van der Waals surface area contributed by atoms with Crippen molar-refractivity contribution in [1.82, 2.24) is 9.78 Å². The molecule has 2 rings (SSSR count). The van der Waals surface area contributed by atoms with Gasteiger partial charge >= 0.3 is 0 Å². The molecule has 0 unspecified atom stereocenters. The van der Waals surface area contributed by atoms with Gasteiger partial charge in [-0.1, -0.05) is 11.6 Å². The van der Waals surface area contributed by atoms with Crippen molar-refractivity contribution >= 4 is 33.0 Å². The van der Waals surface area contributed by atoms with Crippen LogP contribution in [0.1, 0.15) is 6.92 Å². The number of halogens is 1. The van der Waals surface area contributed by atoms with Gasteiger partial charge in [-0.2, -0.15) is 5.10 Å². The fourth-order valence-corrected chi connectivity index (χ4v) is 3.12. The molecule has 1 aromatic heterocycles. The van der Waals surface area contributed by atoms with E-state index in [1.807, 2.05) is 6.92 Å². The van der Waals surface area contributed by atoms with Gasteiger partial charge in [0.1, 0.15) is 4.90 Å². The molecule has 0 saturated heterocycles. The first-order chi connectivity index (χ1) is 8.92. The second-order valence-corrected chi connectivity index (χ2v) is 5.94. The van der Waals surface area contributed by atoms with E-state index < -0.39 is 10.0 Å². The molecule has 6 nitrogen and oxygen atoms in total. The van der Waals surface area contributed by atoms with Crippen LogP contribution in [0.5, 0.6) is 0 Å². The van der Waals surface area contributed by atoms with Crippen LogP contribution in [0.4, 0.5) is 11.4 Å². The summed E-state index contributed by atoms with van der Waals surface area (Å²) in [5, 5.41) is 4.06. The number of benzene rings is 1. The molecule has 0 aliphatic rings. The van der Waals surface area contributed by atoms with Crippen molar-refractivity contribution in [2.24, 2.45) is 0 Å². The van der Waals surface area contributed by atoms with E-state index in [1.54, 1.807) is 10.9 Å². The largest absolute Gasteiger partial charge is 0.399 e. The van der Waals surface area contributed by atoms with Crippen LogP contribution in [-0.4, -0.2) is 18.2 Å². The number of aryl methyl sites for hydroxylation is 1. The SMILES string of the molecule is CCn1cc(NS(=O)(=O)c2ccc(N)cc2Cl)cn1. The highest BCUT2D eigenvalue weighted by Crippen LogP contribution is 2.25. The Morgan fingerprint density at radius 3 is 2.79 bits per heavy atom. The third-order valence-corrected chi connectivity index (χ3v) is 4.32. The van der Waals surface area contributed by atoms with Gasteiger partial charge in [0.2, 0.25) is 0 Å². The van der Waals surface area contributed by atoms with Gasteiger partial charge in [0.15, 0.2) is 0 Å². The summed E-state index contributed by atoms with van der Waals surface area (Å²) >= 11 is 5.89. The molecule has 19 heavy (non-hydrogen) atoms. The Balaban J connectivity index is 2.32. The van der Waals surface area contributed by atoms with E-state index in [1.165, 1.54) is 24.4 Å². The molecule has 0 aliphatic carbocycles. The number of nitrogen functional groups attached to an aromatic ring is 1. The molecular weight excluding hydrogens is 288 g/mol. The number of sulfonamides is 1. The van der Waals surface area contributed by atoms with Gasteiger partial charge in [0.25, 0.3) is 10.0 Å². The lowest BCUT2D eigenvalue weighted by molar-refractivity contribution is 0.601. The monoisotopic (exact) mass is 300 g/mol. The van der Waals surface area contributed by atoms with E-state index >= 15 is 0 Å². The average molecular weight is 301 g/mol. The Bertz CT molecular complexity index is 696. The van der Waals surface area contributed by atoms with E-state index in [9.17, 15) is 8.42 Å². The molecule has 1 aromatic carbocycles. The number of nitrogens with zero attached hydrogens (tertiary/aromatic N) is 2. The van der Waals surface area contributed by atoms with E-state index in [0.29, 0.717) is 17.9 Å². The smallest absolute Gasteiger partial charge is 0.263 e. The lowest BCUT2D eigenvalue weighted by Gasteiger charge is -2.08. The first-order valence-corrected chi connectivity index (χ1v) is 7.39. The van der Waals surface area contributed by atoms with Crippen molar-refractivity contribution in [2.45, 2.75) is 18.4 Å². The maximum Gasteiger partial charge on any atom is 0.263 e. The minimum Gasteiger partial charge on any atom is -0.399 e. The zero-order valence-corrected chi connectivity index (χ0v) is 11.7. The van der Waals surface area contributed by atoms with Gasteiger partial charge in [-0.05, 0) is 25.1 Å². The Morgan fingerprint density at radius 2 is 2.21 bits per heavy atom. The fraction of sp³-hybridized carbons (Fsp3) is 0.182. The van der Waals surface area contributed by atoms with Gasteiger partial charge in [-0.25, -0.2) is 8.42 Å². The van der Waals surface area contributed by atoms with E-state index in [0.717, 1.165) is 0 Å². The minimum atomic E-state index is -3.75. The van der Waals surface area contributed by atoms with Crippen molar-refractivity contribution in [3.05, 3.63) is 35.6 Å². The molecule has 0 radical (unpaired) electrons. The van der Waals surface area contributed by atoms with Gasteiger partial charge < -0.3 is 5.73 Å². The number of hydrogen-bond donors (Lipinski definition) is 2. The van der Waals surface area contributed by atoms with Gasteiger partial charge in [0, 0.05) is 18.4 Å². The summed E-state index contributed by atoms with van der Waals surface area (Å²) in [7, 11) is -3.75. The number of hydrogen-bond acceptors (Lipinski definition) is 4. The van der Waals surface area contributed by atoms with Crippen LogP contribution in [0, 0.1) is 0 Å². The lowest BCUT2D eigenvalue weighted by Crippen LogP contribution is -2.13. The van der Waals surface area contributed by atoms with Crippen molar-refractivity contribution in [3.63, 3.8) is 0 Å². The Labute approximate surface area is 116 Å². The quantitative estimate of drug-likeness (QED) is 0.844. The highest BCUT2D eigenvalue weighted by atomic mass is 35.5. The maximum atomic E-state index is 12.2. The third-order valence-electron chi connectivity index (χ3n) is 2.45. The Kier molecular flexibility index (Phi) is 3.68. The van der Waals surface area contributed by atoms with Crippen LogP contribution < -0.4 is 10.5 Å². The van der Waals surface area contributed by atoms with Crippen LogP contribution in [0.25, 0.3) is 0 Å². The molecule has 0 fully saturated rings. The number of rotatable bonds is 4. The zero-order valence-electron chi connectivity index (χ0n) is 10.2. The zero-order chi connectivity index (χ0) is 14.0. The van der Waals surface area contributed by atoms with E-state index in [-0.39, 0.29) is 9.92 Å². The predicted molar refractivity (Wildman–Crippen MR) is 74.6 cm³/mol. The second-order valence-electron chi connectivity index (χ2n) is 3.88. The number of nitrogens with two attached hydrogens (primary N) is 1. The number of nitrogens with one attached hydrogen (secondary N) is 1. The maximum absolute atomic E-state index is 12.2. The fourth-order valence-electron chi connectivity index (χ4n) is 1.53. The Hall–Kier alpha value is -1.73. The number of anilines is 2. The van der Waals surface area contributed by atoms with Crippen LogP contribution in [0.15, 0.2) is 35.5 Å². The highest BCUT2D eigenvalue weighted by Gasteiger charge is 2.18. The molecular formula is C11H13ClN4O2S. The van der Waals surface area contributed by atoms with E-state index in [4.69, 9.17) is 17.3 Å². The summed E-state index contributed by atoms with van der Waals surface area (Å²) < 4.78 is 28.3. The highest BCUT2D eigenvalue weighted by molar-refractivity contribution is 7.92. The summed E-state index contributed by atoms with van der Waals surface area (Å²) in [5.74, 6) is 0. The summed E-state index contributed by atoms with van der Waals surface area (Å²) in [6.45, 7) is 2.56. The van der Waals surface area contributed by atoms with Crippen molar-refractivity contribution in [1.29, 1.82) is 0 Å². The Morgan fingerprint density at radius 1 is 1.47 bits per heavy atom. The third kappa shape index (κ3) is 2.99. The second kappa shape index (κ2) is 5.10. The molecule has 0 amide bonds. The van der Waals surface area contributed by atoms with Gasteiger partial charge in [-0.15, -0.1) is 0 Å². The van der Waals surface area contributed by atoms with Gasteiger partial charge in [-0.3, -0.25) is 9.40 Å². The summed E-state index contributed by atoms with van der Waals surface area (Å²) in [6.07, 6.45) is 3.04. The van der Waals surface area contributed by atoms with Crippen LogP contribution in [0.3, 0.4) is 0 Å². The average Bonchev–Trinajstić information content (AvgIpc) is 2.75. The molecule has 3 N–H and O–H groups in total. The van der Waals surface area contributed by atoms with Crippen molar-refractivity contribution < 1.29 is 8.42 Å². The molecule has 2 aromatic rings. The summed E-state index contributed by atoms with van der Waals surface area (Å²) in [6, 6.07) is 4.24. The molecule has 0 aliphatic heterocycles. The molecule has 0 atom stereocenters. The standard InChI is InChI=1S/C11H13ClN4O2S/c1-2-16-7-9(6-14-16)15-19(17,18)11-4-3-8(13)5-10(11)12/h3-7,15H,2,13H2,1H3. The van der Waals surface area contributed by atoms with Crippen LogP contribution in [0.2, 0.25) is 5.02 Å². The molecule has 1 heterocycles. The van der Waals surface area contributed by atoms with Gasteiger partial charge in [0.05, 0.1) is 16.9 Å². The van der Waals surface area contributed by atoms with E-state index in [2.05, 4.69) is 9.82 Å². The van der Waals surface area contributed by atoms with Crippen molar-refractivity contribution in [3.8, 4) is 0 Å². The lowest BCUT2D eigenvalue weighted by atomic mass is 10.3. The molecule has 0 bridgehead atoms. The first kappa shape index (κ1) is 13.7. The summed E-state index contributed by atoms with van der Waals surface area (Å²) in [4.78, 5) is -0.0207. The first-order valence-electron chi connectivity index (χ1n) is 5.52. The van der Waals surface area contributed by atoms with Crippen molar-refractivity contribution in [2.75, 3.05) is 10.5 Å². The minimum absolute atomic E-state index is 0.0207. The summed E-state index contributed by atoms with van der Waals surface area (Å²) in [5.41, 5.74) is 6.32. The normalized spacial score (nSPS) is 11.5. The molecule has 102 valence electrons. The molecule has 8 heteroatoms.